The van der Waals surface area contributed by atoms with Crippen LogP contribution >= 0.6 is 0 Å². The largest absolute Gasteiger partial charge is 0.543 e. The molecule has 0 spiro atoms. The van der Waals surface area contributed by atoms with E-state index in [-0.39, 0.29) is 15.5 Å². The third kappa shape index (κ3) is 4.30. The summed E-state index contributed by atoms with van der Waals surface area (Å²) >= 11 is 0. The molecular formula is C24H36N2O3Si2. The molecule has 31 heavy (non-hydrogen) atoms. The van der Waals surface area contributed by atoms with Gasteiger partial charge in [-0.25, -0.2) is 4.98 Å². The lowest BCUT2D eigenvalue weighted by Crippen LogP contribution is -2.44. The summed E-state index contributed by atoms with van der Waals surface area (Å²) in [6.07, 6.45) is 5.37. The lowest BCUT2D eigenvalue weighted by Gasteiger charge is -2.37. The molecule has 0 aliphatic rings. The maximum absolute atomic E-state index is 13.2. The van der Waals surface area contributed by atoms with Gasteiger partial charge in [-0.15, -0.1) is 0 Å². The van der Waals surface area contributed by atoms with E-state index >= 15 is 0 Å². The smallest absolute Gasteiger partial charge is 0.250 e. The summed E-state index contributed by atoms with van der Waals surface area (Å²) in [5.41, 5.74) is 1.61. The predicted molar refractivity (Wildman–Crippen MR) is 134 cm³/mol. The summed E-state index contributed by atoms with van der Waals surface area (Å²) < 4.78 is 14.5. The quantitative estimate of drug-likeness (QED) is 0.401. The molecule has 0 unspecified atom stereocenters. The fraction of sp³-hybridized carbons (Fsp3) is 0.500. The molecule has 0 aliphatic carbocycles. The van der Waals surface area contributed by atoms with Gasteiger partial charge in [-0.3, -0.25) is 4.79 Å². The molecule has 7 heteroatoms. The minimum Gasteiger partial charge on any atom is -0.543 e. The van der Waals surface area contributed by atoms with Crippen molar-refractivity contribution in [1.82, 2.24) is 9.22 Å². The van der Waals surface area contributed by atoms with Gasteiger partial charge < -0.3 is 13.1 Å². The molecule has 0 fully saturated rings. The molecular weight excluding hydrogens is 420 g/mol. The zero-order valence-electron chi connectivity index (χ0n) is 20.6. The summed E-state index contributed by atoms with van der Waals surface area (Å²) in [6.45, 7) is 22.4. The minimum atomic E-state index is -1.97. The van der Waals surface area contributed by atoms with E-state index in [1.54, 1.807) is 6.07 Å². The molecule has 2 heterocycles. The van der Waals surface area contributed by atoms with Crippen molar-refractivity contribution < 1.29 is 8.84 Å². The zero-order valence-corrected chi connectivity index (χ0v) is 22.6. The van der Waals surface area contributed by atoms with Crippen molar-refractivity contribution in [2.45, 2.75) is 77.8 Å². The van der Waals surface area contributed by atoms with Gasteiger partial charge in [0, 0.05) is 12.3 Å². The van der Waals surface area contributed by atoms with Crippen LogP contribution in [0.5, 0.6) is 5.75 Å². The highest BCUT2D eigenvalue weighted by Gasteiger charge is 2.39. The molecule has 3 rings (SSSR count). The molecule has 0 radical (unpaired) electrons. The van der Waals surface area contributed by atoms with E-state index in [4.69, 9.17) is 8.84 Å². The zero-order chi connectivity index (χ0) is 23.4. The number of rotatable bonds is 4. The van der Waals surface area contributed by atoms with Crippen LogP contribution in [0.25, 0.3) is 22.2 Å². The van der Waals surface area contributed by atoms with E-state index in [0.29, 0.717) is 22.2 Å². The molecule has 168 valence electrons. The first-order chi connectivity index (χ1) is 14.0. The average Bonchev–Trinajstić information content (AvgIpc) is 3.10. The van der Waals surface area contributed by atoms with Crippen LogP contribution in [0.15, 0.2) is 46.2 Å². The third-order valence-electron chi connectivity index (χ3n) is 7.26. The van der Waals surface area contributed by atoms with Gasteiger partial charge in [-0.05, 0) is 35.3 Å². The maximum Gasteiger partial charge on any atom is 0.250 e. The van der Waals surface area contributed by atoms with Gasteiger partial charge in [-0.1, -0.05) is 54.6 Å². The Morgan fingerprint density at radius 3 is 2.23 bits per heavy atom. The molecule has 5 nitrogen and oxygen atoms in total. The van der Waals surface area contributed by atoms with Crippen LogP contribution in [0.3, 0.4) is 0 Å². The van der Waals surface area contributed by atoms with E-state index in [2.05, 4.69) is 76.9 Å². The second-order valence-electron chi connectivity index (χ2n) is 11.5. The van der Waals surface area contributed by atoms with Crippen molar-refractivity contribution in [1.29, 1.82) is 0 Å². The molecule has 0 aliphatic heterocycles. The summed E-state index contributed by atoms with van der Waals surface area (Å²) in [7, 11) is -3.77. The van der Waals surface area contributed by atoms with Gasteiger partial charge >= 0.3 is 0 Å². The highest BCUT2D eigenvalue weighted by molar-refractivity contribution is 6.78. The van der Waals surface area contributed by atoms with Crippen LogP contribution in [0.2, 0.25) is 36.3 Å². The van der Waals surface area contributed by atoms with Crippen molar-refractivity contribution in [2.24, 2.45) is 0 Å². The van der Waals surface area contributed by atoms with Gasteiger partial charge in [0.25, 0.3) is 0 Å². The molecule has 0 bridgehead atoms. The van der Waals surface area contributed by atoms with Crippen molar-refractivity contribution in [3.63, 3.8) is 0 Å². The fourth-order valence-corrected chi connectivity index (χ4v) is 5.54. The first kappa shape index (κ1) is 23.5. The van der Waals surface area contributed by atoms with E-state index in [1.165, 1.54) is 6.26 Å². The summed E-state index contributed by atoms with van der Waals surface area (Å²) in [5, 5.41) is 0.803. The number of aromatic nitrogens is 2. The Balaban J connectivity index is 1.99. The number of fused-ring (bicyclic) bond motifs is 1. The van der Waals surface area contributed by atoms with Crippen LogP contribution in [0, 0.1) is 0 Å². The Morgan fingerprint density at radius 2 is 1.65 bits per heavy atom. The first-order valence-electron chi connectivity index (χ1n) is 10.8. The average molecular weight is 457 g/mol. The standard InChI is InChI=1S/C24H36N2O3Si2/c1-23(2,3)30(7,8)26-14-20(25-16-26)19-15-28-21-13-17(11-12-18(21)22(19)27)29-31(9,10)24(4,5)6/h11-16H,1-10H3. The SMILES string of the molecule is CC(C)(C)[Si](C)(C)Oc1ccc2c(=O)c(-c3cn([Si](C)(C)C(C)(C)C)cn3)coc2c1. The van der Waals surface area contributed by atoms with Gasteiger partial charge in [0.05, 0.1) is 23.0 Å². The Morgan fingerprint density at radius 1 is 1.00 bits per heavy atom. The summed E-state index contributed by atoms with van der Waals surface area (Å²) in [5.74, 6) is 0.747. The van der Waals surface area contributed by atoms with Crippen LogP contribution in [-0.2, 0) is 0 Å². The van der Waals surface area contributed by atoms with Crippen LogP contribution < -0.4 is 9.85 Å². The van der Waals surface area contributed by atoms with Crippen molar-refractivity contribution in [3.8, 4) is 17.0 Å². The number of imidazole rings is 1. The fourth-order valence-electron chi connectivity index (χ4n) is 2.95. The minimum absolute atomic E-state index is 0.0689. The maximum atomic E-state index is 13.2. The molecule has 0 atom stereocenters. The van der Waals surface area contributed by atoms with Gasteiger partial charge in [0.15, 0.2) is 8.24 Å². The van der Waals surface area contributed by atoms with Crippen LogP contribution in [-0.4, -0.2) is 25.8 Å². The van der Waals surface area contributed by atoms with Crippen LogP contribution in [0.4, 0.5) is 0 Å². The van der Waals surface area contributed by atoms with Crippen LogP contribution in [0.1, 0.15) is 41.5 Å². The van der Waals surface area contributed by atoms with E-state index in [0.717, 1.165) is 5.75 Å². The summed E-state index contributed by atoms with van der Waals surface area (Å²) in [6, 6.07) is 5.50. The Hall–Kier alpha value is -2.13. The van der Waals surface area contributed by atoms with Crippen molar-refractivity contribution >= 4 is 27.5 Å². The van der Waals surface area contributed by atoms with E-state index in [9.17, 15) is 4.79 Å². The molecule has 0 N–H and O–H groups in total. The topological polar surface area (TPSA) is 57.3 Å². The first-order valence-corrected chi connectivity index (χ1v) is 16.7. The third-order valence-corrected chi connectivity index (χ3v) is 16.8. The van der Waals surface area contributed by atoms with Gasteiger partial charge in [-0.2, -0.15) is 0 Å². The predicted octanol–water partition coefficient (Wildman–Crippen LogP) is 6.89. The number of benzene rings is 1. The van der Waals surface area contributed by atoms with E-state index < -0.39 is 16.6 Å². The molecule has 0 saturated carbocycles. The normalized spacial score (nSPS) is 13.6. The number of hydrogen-bond donors (Lipinski definition) is 0. The van der Waals surface area contributed by atoms with Gasteiger partial charge in [0.1, 0.15) is 17.6 Å². The van der Waals surface area contributed by atoms with Crippen molar-refractivity contribution in [3.05, 3.63) is 47.2 Å². The molecule has 2 aromatic heterocycles. The Labute approximate surface area is 187 Å². The Kier molecular flexibility index (Phi) is 5.68. The second kappa shape index (κ2) is 7.48. The second-order valence-corrected chi connectivity index (χ2v) is 21.3. The highest BCUT2D eigenvalue weighted by Crippen LogP contribution is 2.38. The van der Waals surface area contributed by atoms with Crippen molar-refractivity contribution in [2.75, 3.05) is 0 Å². The molecule has 1 aromatic carbocycles. The van der Waals surface area contributed by atoms with Gasteiger partial charge in [0.2, 0.25) is 13.7 Å². The highest BCUT2D eigenvalue weighted by atomic mass is 28.4. The monoisotopic (exact) mass is 456 g/mol. The lowest BCUT2D eigenvalue weighted by atomic mass is 10.1. The molecule has 0 amide bonds. The molecule has 3 aromatic rings. The lowest BCUT2D eigenvalue weighted by molar-refractivity contribution is 0.491. The number of hydrogen-bond acceptors (Lipinski definition) is 4. The Bertz CT molecular complexity index is 1160. The summed E-state index contributed by atoms with van der Waals surface area (Å²) in [4.78, 5) is 17.8. The van der Waals surface area contributed by atoms with E-state index in [1.807, 2.05) is 24.7 Å². The number of nitrogens with zero attached hydrogens (tertiary/aromatic N) is 2. The molecule has 0 saturated heterocycles.